The topological polar surface area (TPSA) is 61.8 Å². The number of methoxy groups -OCH3 is 3. The highest BCUT2D eigenvalue weighted by Crippen LogP contribution is 2.48. The van der Waals surface area contributed by atoms with E-state index in [0.29, 0.717) is 18.4 Å². The summed E-state index contributed by atoms with van der Waals surface area (Å²) in [6, 6.07) is 0. The molecule has 2 aliphatic carbocycles. The first-order valence-electron chi connectivity index (χ1n) is 5.53. The third-order valence-electron chi connectivity index (χ3n) is 3.72. The van der Waals surface area contributed by atoms with Crippen LogP contribution in [0.2, 0.25) is 0 Å². The van der Waals surface area contributed by atoms with Crippen LogP contribution in [0.15, 0.2) is 11.6 Å². The second-order valence-corrected chi connectivity index (χ2v) is 4.31. The molecule has 2 aliphatic rings. The van der Waals surface area contributed by atoms with Crippen molar-refractivity contribution >= 4 is 11.8 Å². The SMILES string of the molecule is COC(=O)C1=CC[C@@H]2C[C@H]1C(OC)(OC)C2=O. The third kappa shape index (κ3) is 1.53. The maximum Gasteiger partial charge on any atom is 0.333 e. The summed E-state index contributed by atoms with van der Waals surface area (Å²) in [5.41, 5.74) is 0.485. The lowest BCUT2D eigenvalue weighted by Crippen LogP contribution is -2.46. The molecule has 0 unspecified atom stereocenters. The lowest BCUT2D eigenvalue weighted by atomic mass is 9.87. The summed E-state index contributed by atoms with van der Waals surface area (Å²) < 4.78 is 15.3. The van der Waals surface area contributed by atoms with Crippen molar-refractivity contribution in [2.45, 2.75) is 18.6 Å². The first kappa shape index (κ1) is 12.3. The minimum absolute atomic E-state index is 0.0809. The van der Waals surface area contributed by atoms with Crippen molar-refractivity contribution in [3.8, 4) is 0 Å². The second kappa shape index (κ2) is 4.23. The van der Waals surface area contributed by atoms with Gasteiger partial charge in [-0.25, -0.2) is 4.79 Å². The lowest BCUT2D eigenvalue weighted by Gasteiger charge is -2.31. The van der Waals surface area contributed by atoms with E-state index in [4.69, 9.17) is 14.2 Å². The van der Waals surface area contributed by atoms with Crippen LogP contribution in [0.3, 0.4) is 0 Å². The summed E-state index contributed by atoms with van der Waals surface area (Å²) in [6.07, 6.45) is 2.90. The van der Waals surface area contributed by atoms with E-state index in [0.717, 1.165) is 0 Å². The number of Topliss-reactive ketones (excluding diaryl/α,β-unsaturated/α-hetero) is 1. The molecule has 0 saturated heterocycles. The Hall–Kier alpha value is -1.20. The largest absolute Gasteiger partial charge is 0.466 e. The normalized spacial score (nSPS) is 30.1. The van der Waals surface area contributed by atoms with Gasteiger partial charge in [-0.3, -0.25) is 4.79 Å². The third-order valence-corrected chi connectivity index (χ3v) is 3.72. The zero-order valence-electron chi connectivity index (χ0n) is 10.2. The van der Waals surface area contributed by atoms with Crippen LogP contribution in [0, 0.1) is 11.8 Å². The minimum Gasteiger partial charge on any atom is -0.466 e. The average molecular weight is 240 g/mol. The Balaban J connectivity index is 2.41. The van der Waals surface area contributed by atoms with Crippen molar-refractivity contribution in [2.24, 2.45) is 11.8 Å². The Labute approximate surface area is 99.7 Å². The summed E-state index contributed by atoms with van der Waals surface area (Å²) in [6.45, 7) is 0. The quantitative estimate of drug-likeness (QED) is 0.536. The highest BCUT2D eigenvalue weighted by Gasteiger charge is 2.59. The van der Waals surface area contributed by atoms with Crippen LogP contribution in [0.5, 0.6) is 0 Å². The van der Waals surface area contributed by atoms with Crippen LogP contribution in [0.1, 0.15) is 12.8 Å². The Morgan fingerprint density at radius 3 is 2.53 bits per heavy atom. The van der Waals surface area contributed by atoms with E-state index < -0.39 is 11.8 Å². The molecule has 0 aromatic carbocycles. The van der Waals surface area contributed by atoms with Gasteiger partial charge in [-0.05, 0) is 12.8 Å². The van der Waals surface area contributed by atoms with Crippen molar-refractivity contribution in [3.63, 3.8) is 0 Å². The maximum absolute atomic E-state index is 12.2. The summed E-state index contributed by atoms with van der Waals surface area (Å²) in [5, 5.41) is 0. The van der Waals surface area contributed by atoms with Gasteiger partial charge in [0.25, 0.3) is 0 Å². The Kier molecular flexibility index (Phi) is 3.05. The number of ketones is 1. The van der Waals surface area contributed by atoms with Crippen LogP contribution >= 0.6 is 0 Å². The molecule has 17 heavy (non-hydrogen) atoms. The minimum atomic E-state index is -1.32. The van der Waals surface area contributed by atoms with Gasteiger partial charge in [0.2, 0.25) is 5.79 Å². The van der Waals surface area contributed by atoms with Gasteiger partial charge in [-0.2, -0.15) is 0 Å². The van der Waals surface area contributed by atoms with E-state index in [1.165, 1.54) is 21.3 Å². The summed E-state index contributed by atoms with van der Waals surface area (Å²) in [4.78, 5) is 23.9. The maximum atomic E-state index is 12.2. The van der Waals surface area contributed by atoms with E-state index in [9.17, 15) is 9.59 Å². The molecule has 0 heterocycles. The van der Waals surface area contributed by atoms with Gasteiger partial charge in [-0.15, -0.1) is 0 Å². The average Bonchev–Trinajstić information content (AvgIpc) is 2.59. The molecule has 5 heteroatoms. The Morgan fingerprint density at radius 1 is 1.35 bits per heavy atom. The van der Waals surface area contributed by atoms with Gasteiger partial charge in [-0.1, -0.05) is 6.08 Å². The number of rotatable bonds is 3. The molecule has 2 atom stereocenters. The number of ether oxygens (including phenoxy) is 3. The Bertz CT molecular complexity index is 380. The molecule has 1 fully saturated rings. The number of carbonyl (C=O) groups excluding carboxylic acids is 2. The molecule has 0 amide bonds. The second-order valence-electron chi connectivity index (χ2n) is 4.31. The lowest BCUT2D eigenvalue weighted by molar-refractivity contribution is -0.215. The number of allylic oxidation sites excluding steroid dienone is 1. The number of hydrogen-bond donors (Lipinski definition) is 0. The van der Waals surface area contributed by atoms with Crippen molar-refractivity contribution in [1.29, 1.82) is 0 Å². The van der Waals surface area contributed by atoms with E-state index in [1.54, 1.807) is 6.08 Å². The van der Waals surface area contributed by atoms with Gasteiger partial charge in [0.15, 0.2) is 5.78 Å². The van der Waals surface area contributed by atoms with E-state index in [2.05, 4.69) is 0 Å². The van der Waals surface area contributed by atoms with Gasteiger partial charge >= 0.3 is 5.97 Å². The van der Waals surface area contributed by atoms with Crippen LogP contribution in [0.25, 0.3) is 0 Å². The molecule has 0 aromatic heterocycles. The standard InChI is InChI=1S/C12H16O5/c1-15-11(14)8-5-4-7-6-9(8)12(16-2,17-3)10(7)13/h5,7,9H,4,6H2,1-3H3/t7-,9-/m1/s1. The summed E-state index contributed by atoms with van der Waals surface area (Å²) in [7, 11) is 4.18. The van der Waals surface area contributed by atoms with Gasteiger partial charge in [0.05, 0.1) is 13.0 Å². The van der Waals surface area contributed by atoms with Crippen LogP contribution < -0.4 is 0 Å². The number of hydrogen-bond acceptors (Lipinski definition) is 5. The molecule has 0 aromatic rings. The van der Waals surface area contributed by atoms with Gasteiger partial charge < -0.3 is 14.2 Å². The van der Waals surface area contributed by atoms with Crippen molar-refractivity contribution in [2.75, 3.05) is 21.3 Å². The van der Waals surface area contributed by atoms with E-state index in [1.807, 2.05) is 0 Å². The predicted octanol–water partition coefficient (Wildman–Crippen LogP) is 0.684. The molecule has 0 spiro atoms. The summed E-state index contributed by atoms with van der Waals surface area (Å²) >= 11 is 0. The van der Waals surface area contributed by atoms with Crippen molar-refractivity contribution in [1.82, 2.24) is 0 Å². The predicted molar refractivity (Wildman–Crippen MR) is 58.1 cm³/mol. The highest BCUT2D eigenvalue weighted by atomic mass is 16.7. The number of esters is 1. The molecule has 0 aliphatic heterocycles. The molecule has 2 bridgehead atoms. The molecule has 5 nitrogen and oxygen atoms in total. The smallest absolute Gasteiger partial charge is 0.333 e. The zero-order valence-corrected chi connectivity index (χ0v) is 10.2. The zero-order chi connectivity index (χ0) is 12.6. The van der Waals surface area contributed by atoms with Crippen LogP contribution in [-0.4, -0.2) is 38.9 Å². The highest BCUT2D eigenvalue weighted by molar-refractivity contribution is 5.98. The fourth-order valence-corrected chi connectivity index (χ4v) is 2.86. The molecular formula is C12H16O5. The molecule has 0 N–H and O–H groups in total. The molecular weight excluding hydrogens is 224 g/mol. The first-order valence-corrected chi connectivity index (χ1v) is 5.53. The van der Waals surface area contributed by atoms with Crippen LogP contribution in [-0.2, 0) is 23.8 Å². The van der Waals surface area contributed by atoms with Crippen LogP contribution in [0.4, 0.5) is 0 Å². The van der Waals surface area contributed by atoms with E-state index >= 15 is 0 Å². The van der Waals surface area contributed by atoms with Gasteiger partial charge in [0, 0.05) is 25.7 Å². The fraction of sp³-hybridized carbons (Fsp3) is 0.667. The molecule has 0 radical (unpaired) electrons. The van der Waals surface area contributed by atoms with Crippen molar-refractivity contribution < 1.29 is 23.8 Å². The molecule has 94 valence electrons. The number of carbonyl (C=O) groups is 2. The van der Waals surface area contributed by atoms with Crippen molar-refractivity contribution in [3.05, 3.63) is 11.6 Å². The Morgan fingerprint density at radius 2 is 2.00 bits per heavy atom. The number of fused-ring (bicyclic) bond motifs is 2. The summed E-state index contributed by atoms with van der Waals surface area (Å²) in [5.74, 6) is -2.30. The first-order chi connectivity index (χ1) is 8.10. The van der Waals surface area contributed by atoms with E-state index in [-0.39, 0.29) is 17.6 Å². The fourth-order valence-electron chi connectivity index (χ4n) is 2.86. The monoisotopic (exact) mass is 240 g/mol. The molecule has 1 saturated carbocycles. The van der Waals surface area contributed by atoms with Gasteiger partial charge in [0.1, 0.15) is 0 Å². The molecule has 2 rings (SSSR count).